The molecule has 0 unspecified atom stereocenters. The molecular weight excluding hydrogens is 348 g/mol. The molecule has 7 nitrogen and oxygen atoms in total. The van der Waals surface area contributed by atoms with Crippen molar-refractivity contribution in [2.75, 3.05) is 19.0 Å². The van der Waals surface area contributed by atoms with Crippen molar-refractivity contribution in [3.05, 3.63) is 53.6 Å². The predicted octanol–water partition coefficient (Wildman–Crippen LogP) is 3.15. The number of esters is 1. The fraction of sp³-hybridized carbons (Fsp3) is 0.250. The van der Waals surface area contributed by atoms with Gasteiger partial charge in [-0.05, 0) is 56.3 Å². The van der Waals surface area contributed by atoms with Crippen LogP contribution < -0.4 is 14.8 Å². The lowest BCUT2D eigenvalue weighted by atomic mass is 10.2. The van der Waals surface area contributed by atoms with Crippen LogP contribution in [0.1, 0.15) is 29.8 Å². The Balaban J connectivity index is 2.01. The van der Waals surface area contributed by atoms with E-state index in [2.05, 4.69) is 5.32 Å². The van der Waals surface area contributed by atoms with Crippen molar-refractivity contribution >= 4 is 17.6 Å². The lowest BCUT2D eigenvalue weighted by Crippen LogP contribution is -2.30. The van der Waals surface area contributed by atoms with E-state index in [9.17, 15) is 9.59 Å². The summed E-state index contributed by atoms with van der Waals surface area (Å²) in [5, 5.41) is 11.4. The zero-order valence-electron chi connectivity index (χ0n) is 15.3. The van der Waals surface area contributed by atoms with Crippen LogP contribution in [0.15, 0.2) is 42.5 Å². The van der Waals surface area contributed by atoms with Crippen LogP contribution in [0.25, 0.3) is 0 Å². The fourth-order valence-electron chi connectivity index (χ4n) is 2.22. The summed E-state index contributed by atoms with van der Waals surface area (Å²) >= 11 is 0. The van der Waals surface area contributed by atoms with Crippen molar-refractivity contribution in [2.24, 2.45) is 0 Å². The Labute approximate surface area is 157 Å². The monoisotopic (exact) mass is 368 g/mol. The van der Waals surface area contributed by atoms with Gasteiger partial charge in [-0.3, -0.25) is 4.79 Å². The molecule has 2 aromatic rings. The molecular formula is C20H20N2O5. The van der Waals surface area contributed by atoms with E-state index in [1.54, 1.807) is 36.4 Å². The first-order valence-electron chi connectivity index (χ1n) is 8.31. The number of ether oxygens (including phenoxy) is 3. The molecule has 0 bridgehead atoms. The molecule has 0 heterocycles. The molecule has 0 radical (unpaired) electrons. The SMILES string of the molecule is CCOc1ccc(C(=O)O[C@H](C)C(=O)Nc2ccc(C#N)cc2)cc1OC. The second kappa shape index (κ2) is 9.25. The van der Waals surface area contributed by atoms with Crippen molar-refractivity contribution in [3.63, 3.8) is 0 Å². The summed E-state index contributed by atoms with van der Waals surface area (Å²) < 4.78 is 15.8. The first kappa shape index (κ1) is 19.8. The molecule has 7 heteroatoms. The molecule has 0 fully saturated rings. The minimum atomic E-state index is -1.01. The van der Waals surface area contributed by atoms with Gasteiger partial charge in [-0.1, -0.05) is 0 Å². The standard InChI is InChI=1S/C20H20N2O5/c1-4-26-17-10-7-15(11-18(17)25-3)20(24)27-13(2)19(23)22-16-8-5-14(12-21)6-9-16/h5-11,13H,4H2,1-3H3,(H,22,23)/t13-/m1/s1. The molecule has 2 rings (SSSR count). The molecule has 1 amide bonds. The van der Waals surface area contributed by atoms with Crippen LogP contribution in [0.4, 0.5) is 5.69 Å². The van der Waals surface area contributed by atoms with Crippen LogP contribution in [0.3, 0.4) is 0 Å². The highest BCUT2D eigenvalue weighted by atomic mass is 16.5. The van der Waals surface area contributed by atoms with Gasteiger partial charge in [-0.2, -0.15) is 5.26 Å². The maximum Gasteiger partial charge on any atom is 0.339 e. The Bertz CT molecular complexity index is 856. The molecule has 0 aromatic heterocycles. The van der Waals surface area contributed by atoms with Gasteiger partial charge in [0, 0.05) is 5.69 Å². The van der Waals surface area contributed by atoms with Crippen LogP contribution in [0, 0.1) is 11.3 Å². The number of nitriles is 1. The highest BCUT2D eigenvalue weighted by molar-refractivity contribution is 5.97. The first-order valence-corrected chi connectivity index (χ1v) is 8.31. The molecule has 0 aliphatic carbocycles. The highest BCUT2D eigenvalue weighted by Gasteiger charge is 2.20. The van der Waals surface area contributed by atoms with Gasteiger partial charge in [0.25, 0.3) is 5.91 Å². The van der Waals surface area contributed by atoms with Crippen LogP contribution in [-0.2, 0) is 9.53 Å². The van der Waals surface area contributed by atoms with Crippen LogP contribution in [0.2, 0.25) is 0 Å². The number of rotatable bonds is 7. The van der Waals surface area contributed by atoms with Gasteiger partial charge in [0.1, 0.15) is 0 Å². The van der Waals surface area contributed by atoms with Gasteiger partial charge >= 0.3 is 5.97 Å². The molecule has 0 spiro atoms. The summed E-state index contributed by atoms with van der Waals surface area (Å²) in [7, 11) is 1.47. The normalized spacial score (nSPS) is 11.0. The summed E-state index contributed by atoms with van der Waals surface area (Å²) in [6.07, 6.45) is -1.01. The van der Waals surface area contributed by atoms with Gasteiger partial charge in [-0.15, -0.1) is 0 Å². The van der Waals surface area contributed by atoms with Crippen molar-refractivity contribution in [3.8, 4) is 17.6 Å². The number of carbonyl (C=O) groups excluding carboxylic acids is 2. The van der Waals surface area contributed by atoms with Crippen LogP contribution >= 0.6 is 0 Å². The predicted molar refractivity (Wildman–Crippen MR) is 98.8 cm³/mol. The van der Waals surface area contributed by atoms with Crippen molar-refractivity contribution < 1.29 is 23.8 Å². The summed E-state index contributed by atoms with van der Waals surface area (Å²) in [4.78, 5) is 24.5. The zero-order chi connectivity index (χ0) is 19.8. The molecule has 1 atom stereocenters. The number of carbonyl (C=O) groups is 2. The Kier molecular flexibility index (Phi) is 6.78. The molecule has 0 saturated carbocycles. The van der Waals surface area contributed by atoms with Gasteiger partial charge in [0.15, 0.2) is 17.6 Å². The average molecular weight is 368 g/mol. The van der Waals surface area contributed by atoms with E-state index in [1.807, 2.05) is 13.0 Å². The number of hydrogen-bond donors (Lipinski definition) is 1. The highest BCUT2D eigenvalue weighted by Crippen LogP contribution is 2.28. The number of benzene rings is 2. The number of anilines is 1. The second-order valence-electron chi connectivity index (χ2n) is 5.52. The zero-order valence-corrected chi connectivity index (χ0v) is 15.3. The van der Waals surface area contributed by atoms with E-state index in [1.165, 1.54) is 20.1 Å². The van der Waals surface area contributed by atoms with Crippen molar-refractivity contribution in [1.82, 2.24) is 0 Å². The summed E-state index contributed by atoms with van der Waals surface area (Å²) in [6, 6.07) is 13.0. The Morgan fingerprint density at radius 3 is 2.44 bits per heavy atom. The smallest absolute Gasteiger partial charge is 0.339 e. The van der Waals surface area contributed by atoms with Gasteiger partial charge < -0.3 is 19.5 Å². The van der Waals surface area contributed by atoms with Crippen LogP contribution in [0.5, 0.6) is 11.5 Å². The quantitative estimate of drug-likeness (QED) is 0.754. The number of methoxy groups -OCH3 is 1. The Morgan fingerprint density at radius 2 is 1.85 bits per heavy atom. The maximum absolute atomic E-state index is 12.3. The summed E-state index contributed by atoms with van der Waals surface area (Å²) in [5.74, 6) is -0.214. The molecule has 27 heavy (non-hydrogen) atoms. The van der Waals surface area contributed by atoms with Crippen molar-refractivity contribution in [2.45, 2.75) is 20.0 Å². The minimum absolute atomic E-state index is 0.244. The minimum Gasteiger partial charge on any atom is -0.493 e. The molecule has 140 valence electrons. The molecule has 2 aromatic carbocycles. The van der Waals surface area contributed by atoms with Crippen LogP contribution in [-0.4, -0.2) is 31.7 Å². The van der Waals surface area contributed by atoms with E-state index in [0.717, 1.165) is 0 Å². The topological polar surface area (TPSA) is 97.6 Å². The largest absolute Gasteiger partial charge is 0.493 e. The first-order chi connectivity index (χ1) is 13.0. The fourth-order valence-corrected chi connectivity index (χ4v) is 2.22. The number of amides is 1. The lowest BCUT2D eigenvalue weighted by molar-refractivity contribution is -0.123. The summed E-state index contributed by atoms with van der Waals surface area (Å²) in [5.41, 5.74) is 1.23. The molecule has 0 saturated heterocycles. The molecule has 0 aliphatic rings. The lowest BCUT2D eigenvalue weighted by Gasteiger charge is -2.15. The maximum atomic E-state index is 12.3. The Morgan fingerprint density at radius 1 is 1.15 bits per heavy atom. The third-order valence-electron chi connectivity index (χ3n) is 3.63. The number of nitrogens with zero attached hydrogens (tertiary/aromatic N) is 1. The molecule has 1 N–H and O–H groups in total. The average Bonchev–Trinajstić information content (AvgIpc) is 2.68. The van der Waals surface area contributed by atoms with Gasteiger partial charge in [0.2, 0.25) is 0 Å². The van der Waals surface area contributed by atoms with E-state index in [-0.39, 0.29) is 5.56 Å². The third-order valence-corrected chi connectivity index (χ3v) is 3.63. The van der Waals surface area contributed by atoms with E-state index >= 15 is 0 Å². The number of hydrogen-bond acceptors (Lipinski definition) is 6. The second-order valence-corrected chi connectivity index (χ2v) is 5.52. The number of nitrogens with one attached hydrogen (secondary N) is 1. The van der Waals surface area contributed by atoms with Gasteiger partial charge in [0.05, 0.1) is 30.9 Å². The van der Waals surface area contributed by atoms with E-state index < -0.39 is 18.0 Å². The van der Waals surface area contributed by atoms with Gasteiger partial charge in [-0.25, -0.2) is 4.79 Å². The van der Waals surface area contributed by atoms with E-state index in [0.29, 0.717) is 29.4 Å². The Hall–Kier alpha value is -3.53. The summed E-state index contributed by atoms with van der Waals surface area (Å²) in [6.45, 7) is 3.78. The van der Waals surface area contributed by atoms with E-state index in [4.69, 9.17) is 19.5 Å². The molecule has 0 aliphatic heterocycles. The van der Waals surface area contributed by atoms with Crippen molar-refractivity contribution in [1.29, 1.82) is 5.26 Å². The third kappa shape index (κ3) is 5.22.